The van der Waals surface area contributed by atoms with Crippen LogP contribution in [-0.2, 0) is 11.3 Å². The minimum absolute atomic E-state index is 0.0445. The van der Waals surface area contributed by atoms with Crippen molar-refractivity contribution < 1.29 is 23.8 Å². The van der Waals surface area contributed by atoms with E-state index < -0.39 is 0 Å². The van der Waals surface area contributed by atoms with E-state index in [-0.39, 0.29) is 25.3 Å². The Balaban J connectivity index is 1.18. The van der Waals surface area contributed by atoms with Crippen molar-refractivity contribution in [2.45, 2.75) is 13.0 Å². The summed E-state index contributed by atoms with van der Waals surface area (Å²) in [5, 5.41) is 2.82. The average molecular weight is 460 g/mol. The van der Waals surface area contributed by atoms with Crippen LogP contribution in [0, 0.1) is 0 Å². The summed E-state index contributed by atoms with van der Waals surface area (Å²) >= 11 is 0. The fraction of sp³-hybridized carbons (Fsp3) is 0.231. The second-order valence-electron chi connectivity index (χ2n) is 8.09. The SMILES string of the molecule is O=C(COc1ccccc1)Nc1ccc(N2CCCN(Cc3ccc4c(c3)OCO4)C2=O)cc1. The lowest BCUT2D eigenvalue weighted by atomic mass is 10.1. The molecule has 0 aliphatic carbocycles. The van der Waals surface area contributed by atoms with Crippen molar-refractivity contribution >= 4 is 23.3 Å². The molecule has 5 rings (SSSR count). The molecule has 1 fully saturated rings. The van der Waals surface area contributed by atoms with E-state index in [1.54, 1.807) is 29.2 Å². The predicted molar refractivity (Wildman–Crippen MR) is 127 cm³/mol. The minimum Gasteiger partial charge on any atom is -0.484 e. The van der Waals surface area contributed by atoms with E-state index in [2.05, 4.69) is 5.32 Å². The number of benzene rings is 3. The zero-order valence-electron chi connectivity index (χ0n) is 18.6. The summed E-state index contributed by atoms with van der Waals surface area (Å²) in [6.07, 6.45) is 0.867. The maximum Gasteiger partial charge on any atom is 0.324 e. The van der Waals surface area contributed by atoms with Crippen LogP contribution in [0.25, 0.3) is 0 Å². The van der Waals surface area contributed by atoms with Gasteiger partial charge in [0.15, 0.2) is 18.1 Å². The fourth-order valence-corrected chi connectivity index (χ4v) is 4.01. The lowest BCUT2D eigenvalue weighted by Crippen LogP contribution is -2.49. The zero-order chi connectivity index (χ0) is 23.3. The second-order valence-corrected chi connectivity index (χ2v) is 8.09. The molecule has 0 bridgehead atoms. The highest BCUT2D eigenvalue weighted by Crippen LogP contribution is 2.33. The number of nitrogens with one attached hydrogen (secondary N) is 1. The number of fused-ring (bicyclic) bond motifs is 1. The largest absolute Gasteiger partial charge is 0.484 e. The van der Waals surface area contributed by atoms with Crippen LogP contribution in [0.1, 0.15) is 12.0 Å². The molecule has 1 N–H and O–H groups in total. The van der Waals surface area contributed by atoms with E-state index in [1.165, 1.54) is 0 Å². The molecule has 0 radical (unpaired) electrons. The maximum atomic E-state index is 13.2. The lowest BCUT2D eigenvalue weighted by Gasteiger charge is -2.35. The smallest absolute Gasteiger partial charge is 0.324 e. The van der Waals surface area contributed by atoms with Crippen LogP contribution < -0.4 is 24.4 Å². The number of carbonyl (C=O) groups is 2. The van der Waals surface area contributed by atoms with Gasteiger partial charge in [-0.1, -0.05) is 24.3 Å². The summed E-state index contributed by atoms with van der Waals surface area (Å²) in [4.78, 5) is 28.9. The van der Waals surface area contributed by atoms with Crippen LogP contribution >= 0.6 is 0 Å². The quantitative estimate of drug-likeness (QED) is 0.571. The molecule has 8 nitrogen and oxygen atoms in total. The third-order valence-corrected chi connectivity index (χ3v) is 5.70. The molecular formula is C26H25N3O5. The van der Waals surface area contributed by atoms with Crippen LogP contribution in [0.2, 0.25) is 0 Å². The molecule has 8 heteroatoms. The van der Waals surface area contributed by atoms with Gasteiger partial charge < -0.3 is 24.4 Å². The topological polar surface area (TPSA) is 80.3 Å². The van der Waals surface area contributed by atoms with Crippen molar-refractivity contribution in [3.63, 3.8) is 0 Å². The zero-order valence-corrected chi connectivity index (χ0v) is 18.6. The van der Waals surface area contributed by atoms with Gasteiger partial charge in [-0.2, -0.15) is 0 Å². The number of rotatable bonds is 7. The van der Waals surface area contributed by atoms with Gasteiger partial charge in [0, 0.05) is 31.0 Å². The van der Waals surface area contributed by atoms with E-state index >= 15 is 0 Å². The van der Waals surface area contributed by atoms with Crippen molar-refractivity contribution in [2.75, 3.05) is 36.7 Å². The number of amides is 3. The molecule has 2 heterocycles. The summed E-state index contributed by atoms with van der Waals surface area (Å²) in [6.45, 7) is 1.99. The first-order valence-corrected chi connectivity index (χ1v) is 11.2. The molecule has 0 saturated carbocycles. The van der Waals surface area contributed by atoms with Crippen LogP contribution in [0.15, 0.2) is 72.8 Å². The van der Waals surface area contributed by atoms with Gasteiger partial charge >= 0.3 is 6.03 Å². The van der Waals surface area contributed by atoms with Gasteiger partial charge in [-0.3, -0.25) is 9.69 Å². The molecule has 3 amide bonds. The highest BCUT2D eigenvalue weighted by molar-refractivity contribution is 5.94. The summed E-state index contributed by atoms with van der Waals surface area (Å²) in [6, 6.07) is 22.2. The summed E-state index contributed by atoms with van der Waals surface area (Å²) < 4.78 is 16.3. The second kappa shape index (κ2) is 9.74. The van der Waals surface area contributed by atoms with Crippen molar-refractivity contribution in [3.8, 4) is 17.2 Å². The Labute approximate surface area is 197 Å². The number of carbonyl (C=O) groups excluding carboxylic acids is 2. The van der Waals surface area contributed by atoms with Gasteiger partial charge in [0.05, 0.1) is 0 Å². The third kappa shape index (κ3) is 4.91. The molecule has 1 saturated heterocycles. The lowest BCUT2D eigenvalue weighted by molar-refractivity contribution is -0.118. The first-order chi connectivity index (χ1) is 16.7. The summed E-state index contributed by atoms with van der Waals surface area (Å²) in [7, 11) is 0. The van der Waals surface area contributed by atoms with Crippen molar-refractivity contribution in [3.05, 3.63) is 78.4 Å². The molecule has 0 aromatic heterocycles. The number of para-hydroxylation sites is 1. The van der Waals surface area contributed by atoms with Crippen LogP contribution in [0.5, 0.6) is 17.2 Å². The van der Waals surface area contributed by atoms with E-state index in [9.17, 15) is 9.59 Å². The van der Waals surface area contributed by atoms with Crippen molar-refractivity contribution in [2.24, 2.45) is 0 Å². The standard InChI is InChI=1S/C26H25N3O5/c30-25(17-32-22-5-2-1-3-6-22)27-20-8-10-21(11-9-20)29-14-4-13-28(26(29)31)16-19-7-12-23-24(15-19)34-18-33-23/h1-3,5-12,15H,4,13-14,16-18H2,(H,27,30). The van der Waals surface area contributed by atoms with E-state index in [4.69, 9.17) is 14.2 Å². The van der Waals surface area contributed by atoms with E-state index in [1.807, 2.05) is 53.4 Å². The summed E-state index contributed by atoms with van der Waals surface area (Å²) in [5.74, 6) is 1.84. The number of nitrogens with zero attached hydrogens (tertiary/aromatic N) is 2. The van der Waals surface area contributed by atoms with Gasteiger partial charge in [0.25, 0.3) is 5.91 Å². The highest BCUT2D eigenvalue weighted by Gasteiger charge is 2.27. The number of urea groups is 1. The third-order valence-electron chi connectivity index (χ3n) is 5.70. The fourth-order valence-electron chi connectivity index (χ4n) is 4.01. The Morgan fingerprint density at radius 2 is 1.74 bits per heavy atom. The van der Waals surface area contributed by atoms with Crippen LogP contribution in [0.3, 0.4) is 0 Å². The minimum atomic E-state index is -0.249. The molecule has 0 atom stereocenters. The molecule has 3 aromatic rings. The maximum absolute atomic E-state index is 13.2. The molecule has 0 spiro atoms. The van der Waals surface area contributed by atoms with E-state index in [0.29, 0.717) is 36.8 Å². The first-order valence-electron chi connectivity index (χ1n) is 11.2. The van der Waals surface area contributed by atoms with Gasteiger partial charge in [0.1, 0.15) is 5.75 Å². The Hall–Kier alpha value is -4.20. The van der Waals surface area contributed by atoms with E-state index in [0.717, 1.165) is 23.4 Å². The molecular weight excluding hydrogens is 434 g/mol. The summed E-state index contributed by atoms with van der Waals surface area (Å²) in [5.41, 5.74) is 2.43. The number of ether oxygens (including phenoxy) is 3. The molecule has 174 valence electrons. The number of anilines is 2. The molecule has 3 aromatic carbocycles. The van der Waals surface area contributed by atoms with Gasteiger partial charge in [-0.25, -0.2) is 4.79 Å². The molecule has 34 heavy (non-hydrogen) atoms. The normalized spacial score (nSPS) is 14.8. The van der Waals surface area contributed by atoms with Gasteiger partial charge in [0.2, 0.25) is 6.79 Å². The van der Waals surface area contributed by atoms with Crippen LogP contribution in [-0.4, -0.2) is 43.3 Å². The van der Waals surface area contributed by atoms with Gasteiger partial charge in [-0.05, 0) is 60.5 Å². The molecule has 0 unspecified atom stereocenters. The Kier molecular flexibility index (Phi) is 6.20. The van der Waals surface area contributed by atoms with Crippen LogP contribution in [0.4, 0.5) is 16.2 Å². The van der Waals surface area contributed by atoms with Crippen molar-refractivity contribution in [1.29, 1.82) is 0 Å². The Bertz CT molecular complexity index is 1170. The van der Waals surface area contributed by atoms with Crippen molar-refractivity contribution in [1.82, 2.24) is 4.90 Å². The highest BCUT2D eigenvalue weighted by atomic mass is 16.7. The number of hydrogen-bond acceptors (Lipinski definition) is 5. The predicted octanol–water partition coefficient (Wildman–Crippen LogP) is 4.27. The Morgan fingerprint density at radius 1 is 0.941 bits per heavy atom. The molecule has 2 aliphatic rings. The van der Waals surface area contributed by atoms with Gasteiger partial charge in [-0.15, -0.1) is 0 Å². The molecule has 2 aliphatic heterocycles. The Morgan fingerprint density at radius 3 is 2.56 bits per heavy atom. The average Bonchev–Trinajstić information content (AvgIpc) is 3.33. The first kappa shape index (κ1) is 21.6. The monoisotopic (exact) mass is 459 g/mol. The number of hydrogen-bond donors (Lipinski definition) is 1.